The van der Waals surface area contributed by atoms with Crippen molar-refractivity contribution in [3.63, 3.8) is 0 Å². The summed E-state index contributed by atoms with van der Waals surface area (Å²) in [7, 11) is 7.93. The van der Waals surface area contributed by atoms with Crippen molar-refractivity contribution in [3.8, 4) is 28.7 Å². The van der Waals surface area contributed by atoms with Crippen LogP contribution in [0.1, 0.15) is 23.5 Å². The highest BCUT2D eigenvalue weighted by molar-refractivity contribution is 5.89. The van der Waals surface area contributed by atoms with Crippen LogP contribution in [0.3, 0.4) is 0 Å². The van der Waals surface area contributed by atoms with Crippen molar-refractivity contribution < 1.29 is 32.8 Å². The Bertz CT molecular complexity index is 1220. The Labute approximate surface area is 210 Å². The molecule has 0 N–H and O–H groups in total. The molecular formula is C27H33NO8. The topological polar surface area (TPSA) is 88.8 Å². The SMILES string of the molecule is COc1cc(C(CCN2CCOCC2)c2c(OC)cc(OC)c3ccc(=O)oc23)cc(OC)c1OC. The van der Waals surface area contributed by atoms with Gasteiger partial charge in [-0.25, -0.2) is 4.79 Å². The monoisotopic (exact) mass is 499 g/mol. The zero-order valence-electron chi connectivity index (χ0n) is 21.4. The lowest BCUT2D eigenvalue weighted by atomic mass is 9.85. The van der Waals surface area contributed by atoms with E-state index < -0.39 is 5.63 Å². The van der Waals surface area contributed by atoms with Gasteiger partial charge in [0.05, 0.1) is 54.1 Å². The van der Waals surface area contributed by atoms with Crippen LogP contribution in [0.15, 0.2) is 39.5 Å². The number of hydrogen-bond acceptors (Lipinski definition) is 9. The molecule has 3 aromatic rings. The Morgan fingerprint density at radius 1 is 0.833 bits per heavy atom. The van der Waals surface area contributed by atoms with E-state index in [1.165, 1.54) is 6.07 Å². The average molecular weight is 500 g/mol. The molecule has 4 rings (SSSR count). The molecule has 1 aliphatic rings. The second-order valence-corrected chi connectivity index (χ2v) is 8.45. The van der Waals surface area contributed by atoms with Crippen LogP contribution in [0.5, 0.6) is 28.7 Å². The summed E-state index contributed by atoms with van der Waals surface area (Å²) in [6.07, 6.45) is 0.717. The van der Waals surface area contributed by atoms with Crippen LogP contribution in [-0.2, 0) is 4.74 Å². The summed E-state index contributed by atoms with van der Waals surface area (Å²) >= 11 is 0. The molecule has 1 fully saturated rings. The molecule has 2 aromatic carbocycles. The van der Waals surface area contributed by atoms with E-state index in [0.29, 0.717) is 52.9 Å². The van der Waals surface area contributed by atoms with Crippen molar-refractivity contribution in [2.24, 2.45) is 0 Å². The summed E-state index contributed by atoms with van der Waals surface area (Å²) in [6.45, 7) is 3.94. The second kappa shape index (κ2) is 11.5. The molecule has 0 spiro atoms. The maximum Gasteiger partial charge on any atom is 0.336 e. The van der Waals surface area contributed by atoms with E-state index in [-0.39, 0.29) is 5.92 Å². The summed E-state index contributed by atoms with van der Waals surface area (Å²) in [5, 5.41) is 0.691. The third-order valence-electron chi connectivity index (χ3n) is 6.59. The van der Waals surface area contributed by atoms with Gasteiger partial charge in [0, 0.05) is 36.7 Å². The predicted octanol–water partition coefficient (Wildman–Crippen LogP) is 3.69. The second-order valence-electron chi connectivity index (χ2n) is 8.45. The summed E-state index contributed by atoms with van der Waals surface area (Å²) in [5.74, 6) is 2.49. The first kappa shape index (κ1) is 25.7. The first-order valence-corrected chi connectivity index (χ1v) is 11.8. The van der Waals surface area contributed by atoms with Crippen molar-refractivity contribution >= 4 is 11.0 Å². The number of nitrogens with zero attached hydrogens (tertiary/aromatic N) is 1. The van der Waals surface area contributed by atoms with Gasteiger partial charge in [0.25, 0.3) is 0 Å². The van der Waals surface area contributed by atoms with E-state index in [2.05, 4.69) is 4.90 Å². The van der Waals surface area contributed by atoms with Crippen molar-refractivity contribution in [2.45, 2.75) is 12.3 Å². The minimum absolute atomic E-state index is 0.226. The smallest absolute Gasteiger partial charge is 0.336 e. The van der Waals surface area contributed by atoms with Crippen LogP contribution < -0.4 is 29.3 Å². The van der Waals surface area contributed by atoms with Gasteiger partial charge in [0.15, 0.2) is 11.5 Å². The fourth-order valence-electron chi connectivity index (χ4n) is 4.78. The first-order valence-electron chi connectivity index (χ1n) is 11.8. The Balaban J connectivity index is 1.94. The minimum Gasteiger partial charge on any atom is -0.496 e. The minimum atomic E-state index is -0.448. The molecule has 0 saturated carbocycles. The lowest BCUT2D eigenvalue weighted by Gasteiger charge is -2.29. The number of methoxy groups -OCH3 is 5. The molecule has 0 amide bonds. The van der Waals surface area contributed by atoms with Gasteiger partial charge in [0.2, 0.25) is 5.75 Å². The van der Waals surface area contributed by atoms with Crippen LogP contribution in [0.2, 0.25) is 0 Å². The Hall–Kier alpha value is -3.43. The highest BCUT2D eigenvalue weighted by Crippen LogP contribution is 2.47. The van der Waals surface area contributed by atoms with Crippen molar-refractivity contribution in [2.75, 3.05) is 68.4 Å². The van der Waals surface area contributed by atoms with Gasteiger partial charge >= 0.3 is 5.63 Å². The zero-order chi connectivity index (χ0) is 25.7. The van der Waals surface area contributed by atoms with Gasteiger partial charge < -0.3 is 32.8 Å². The number of rotatable bonds is 10. The van der Waals surface area contributed by atoms with E-state index in [1.807, 2.05) is 18.2 Å². The molecule has 0 bridgehead atoms. The molecular weight excluding hydrogens is 466 g/mol. The number of fused-ring (bicyclic) bond motifs is 1. The Morgan fingerprint density at radius 3 is 2.06 bits per heavy atom. The van der Waals surface area contributed by atoms with E-state index >= 15 is 0 Å². The fraction of sp³-hybridized carbons (Fsp3) is 0.444. The van der Waals surface area contributed by atoms with E-state index in [4.69, 9.17) is 32.8 Å². The van der Waals surface area contributed by atoms with Crippen LogP contribution in [0.25, 0.3) is 11.0 Å². The maximum absolute atomic E-state index is 12.4. The van der Waals surface area contributed by atoms with Crippen LogP contribution >= 0.6 is 0 Å². The van der Waals surface area contributed by atoms with E-state index in [1.54, 1.807) is 41.6 Å². The summed E-state index contributed by atoms with van der Waals surface area (Å²) in [4.78, 5) is 14.7. The zero-order valence-corrected chi connectivity index (χ0v) is 21.4. The number of hydrogen-bond donors (Lipinski definition) is 0. The average Bonchev–Trinajstić information content (AvgIpc) is 2.92. The lowest BCUT2D eigenvalue weighted by Crippen LogP contribution is -2.37. The van der Waals surface area contributed by atoms with Gasteiger partial charge in [0.1, 0.15) is 17.1 Å². The number of benzene rings is 2. The molecule has 1 atom stereocenters. The molecule has 9 nitrogen and oxygen atoms in total. The molecule has 9 heteroatoms. The van der Waals surface area contributed by atoms with Crippen LogP contribution in [0.4, 0.5) is 0 Å². The van der Waals surface area contributed by atoms with Crippen LogP contribution in [0, 0.1) is 0 Å². The quantitative estimate of drug-likeness (QED) is 0.388. The Kier molecular flexibility index (Phi) is 8.22. The highest BCUT2D eigenvalue weighted by Gasteiger charge is 2.28. The third kappa shape index (κ3) is 5.08. The molecule has 1 aromatic heterocycles. The van der Waals surface area contributed by atoms with Gasteiger partial charge in [-0.2, -0.15) is 0 Å². The van der Waals surface area contributed by atoms with Crippen LogP contribution in [-0.4, -0.2) is 73.3 Å². The largest absolute Gasteiger partial charge is 0.496 e. The van der Waals surface area contributed by atoms with Gasteiger partial charge in [-0.05, 0) is 36.7 Å². The first-order chi connectivity index (χ1) is 17.5. The molecule has 0 radical (unpaired) electrons. The molecule has 1 aliphatic heterocycles. The van der Waals surface area contributed by atoms with Crippen molar-refractivity contribution in [1.29, 1.82) is 0 Å². The summed E-state index contributed by atoms with van der Waals surface area (Å²) in [5.41, 5.74) is 1.65. The molecule has 194 valence electrons. The third-order valence-corrected chi connectivity index (χ3v) is 6.59. The maximum atomic E-state index is 12.4. The van der Waals surface area contributed by atoms with Gasteiger partial charge in [-0.15, -0.1) is 0 Å². The Morgan fingerprint density at radius 2 is 1.47 bits per heavy atom. The molecule has 1 saturated heterocycles. The standard InChI is InChI=1S/C27H33NO8/c1-30-20-16-21(31-2)25(26-19(20)6-7-24(29)36-26)18(8-9-28-10-12-35-13-11-28)17-14-22(32-3)27(34-5)23(15-17)33-4/h6-7,14-16,18H,8-13H2,1-5H3. The van der Waals surface area contributed by atoms with Gasteiger partial charge in [-0.3, -0.25) is 4.90 Å². The number of morpholine rings is 1. The predicted molar refractivity (Wildman–Crippen MR) is 135 cm³/mol. The van der Waals surface area contributed by atoms with Crippen molar-refractivity contribution in [1.82, 2.24) is 4.90 Å². The molecule has 0 aliphatic carbocycles. The van der Waals surface area contributed by atoms with E-state index in [0.717, 1.165) is 37.2 Å². The summed E-state index contributed by atoms with van der Waals surface area (Å²) in [6, 6.07) is 8.81. The lowest BCUT2D eigenvalue weighted by molar-refractivity contribution is 0.0369. The van der Waals surface area contributed by atoms with E-state index in [9.17, 15) is 4.79 Å². The molecule has 36 heavy (non-hydrogen) atoms. The summed E-state index contributed by atoms with van der Waals surface area (Å²) < 4.78 is 39.6. The van der Waals surface area contributed by atoms with Gasteiger partial charge in [-0.1, -0.05) is 0 Å². The van der Waals surface area contributed by atoms with Crippen molar-refractivity contribution in [3.05, 3.63) is 51.9 Å². The fourth-order valence-corrected chi connectivity index (χ4v) is 4.78. The molecule has 2 heterocycles. The normalized spacial score (nSPS) is 14.9. The number of ether oxygens (including phenoxy) is 6. The highest BCUT2D eigenvalue weighted by atomic mass is 16.5. The molecule has 1 unspecified atom stereocenters.